The van der Waals surface area contributed by atoms with E-state index in [-0.39, 0.29) is 0 Å². The lowest BCUT2D eigenvalue weighted by Gasteiger charge is -2.04. The summed E-state index contributed by atoms with van der Waals surface area (Å²) in [6, 6.07) is 20.5. The topological polar surface area (TPSA) is 14.2 Å². The van der Waals surface area contributed by atoms with Crippen molar-refractivity contribution in [1.82, 2.24) is 4.57 Å². The largest absolute Gasteiger partial charge is 0.497 e. The van der Waals surface area contributed by atoms with Gasteiger partial charge >= 0.3 is 0 Å². The second kappa shape index (κ2) is 5.02. The molecule has 0 amide bonds. The molecule has 3 aromatic rings. The minimum atomic E-state index is 0.874. The molecule has 0 spiro atoms. The predicted molar refractivity (Wildman–Crippen MR) is 77.8 cm³/mol. The quantitative estimate of drug-likeness (QED) is 0.680. The Morgan fingerprint density at radius 3 is 2.21 bits per heavy atom. The molecule has 0 atom stereocenters. The third kappa shape index (κ3) is 2.38. The Balaban J connectivity index is 1.92. The fourth-order valence-electron chi connectivity index (χ4n) is 2.11. The van der Waals surface area contributed by atoms with E-state index in [0.717, 1.165) is 11.4 Å². The second-order valence-corrected chi connectivity index (χ2v) is 4.37. The summed E-state index contributed by atoms with van der Waals surface area (Å²) in [4.78, 5) is 0. The standard InChI is InChI=1S/C17H15NO/c1-19-17-9-7-16(8-10-17)18-12-11-15(13-18)14-5-3-2-4-6-14/h2-13H,1H3. The first-order valence-electron chi connectivity index (χ1n) is 6.25. The van der Waals surface area contributed by atoms with Crippen LogP contribution in [-0.4, -0.2) is 11.7 Å². The van der Waals surface area contributed by atoms with Gasteiger partial charge in [-0.05, 0) is 41.5 Å². The van der Waals surface area contributed by atoms with E-state index in [1.807, 2.05) is 30.3 Å². The molecule has 0 aliphatic rings. The Bertz CT molecular complexity index is 653. The van der Waals surface area contributed by atoms with Crippen LogP contribution in [0.3, 0.4) is 0 Å². The molecule has 0 radical (unpaired) electrons. The molecule has 0 saturated carbocycles. The number of nitrogens with zero attached hydrogens (tertiary/aromatic N) is 1. The van der Waals surface area contributed by atoms with Gasteiger partial charge in [-0.25, -0.2) is 0 Å². The fourth-order valence-corrected chi connectivity index (χ4v) is 2.11. The third-order valence-corrected chi connectivity index (χ3v) is 3.17. The normalized spacial score (nSPS) is 10.4. The van der Waals surface area contributed by atoms with Crippen molar-refractivity contribution in [2.45, 2.75) is 0 Å². The summed E-state index contributed by atoms with van der Waals surface area (Å²) in [5, 5.41) is 0. The number of aromatic nitrogens is 1. The van der Waals surface area contributed by atoms with Crippen molar-refractivity contribution in [1.29, 1.82) is 0 Å². The van der Waals surface area contributed by atoms with Crippen molar-refractivity contribution in [2.75, 3.05) is 7.11 Å². The number of ether oxygens (including phenoxy) is 1. The van der Waals surface area contributed by atoms with E-state index >= 15 is 0 Å². The molecular weight excluding hydrogens is 234 g/mol. The van der Waals surface area contributed by atoms with Crippen LogP contribution in [0.4, 0.5) is 0 Å². The minimum Gasteiger partial charge on any atom is -0.497 e. The van der Waals surface area contributed by atoms with E-state index < -0.39 is 0 Å². The molecule has 2 nitrogen and oxygen atoms in total. The molecule has 1 aromatic heterocycles. The molecule has 0 fully saturated rings. The third-order valence-electron chi connectivity index (χ3n) is 3.17. The van der Waals surface area contributed by atoms with E-state index in [1.54, 1.807) is 7.11 Å². The summed E-state index contributed by atoms with van der Waals surface area (Å²) >= 11 is 0. The van der Waals surface area contributed by atoms with Crippen LogP contribution in [0.25, 0.3) is 16.8 Å². The molecule has 1 heterocycles. The Hall–Kier alpha value is -2.48. The molecule has 0 bridgehead atoms. The van der Waals surface area contributed by atoms with Crippen LogP contribution in [0.15, 0.2) is 73.1 Å². The Morgan fingerprint density at radius 2 is 1.53 bits per heavy atom. The molecule has 19 heavy (non-hydrogen) atoms. The zero-order chi connectivity index (χ0) is 13.1. The number of hydrogen-bond acceptors (Lipinski definition) is 1. The highest BCUT2D eigenvalue weighted by Gasteiger charge is 2.01. The summed E-state index contributed by atoms with van der Waals surface area (Å²) in [5.74, 6) is 0.874. The van der Waals surface area contributed by atoms with Crippen molar-refractivity contribution >= 4 is 0 Å². The van der Waals surface area contributed by atoms with Crippen LogP contribution in [0.2, 0.25) is 0 Å². The molecule has 0 aliphatic carbocycles. The maximum absolute atomic E-state index is 5.17. The molecule has 2 heteroatoms. The molecule has 3 rings (SSSR count). The van der Waals surface area contributed by atoms with E-state index in [4.69, 9.17) is 4.74 Å². The van der Waals surface area contributed by atoms with Gasteiger partial charge in [0.25, 0.3) is 0 Å². The molecule has 0 unspecified atom stereocenters. The van der Waals surface area contributed by atoms with Crippen molar-refractivity contribution < 1.29 is 4.74 Å². The van der Waals surface area contributed by atoms with Crippen molar-refractivity contribution in [3.63, 3.8) is 0 Å². The number of methoxy groups -OCH3 is 1. The summed E-state index contributed by atoms with van der Waals surface area (Å²) in [6.45, 7) is 0. The zero-order valence-corrected chi connectivity index (χ0v) is 10.8. The first kappa shape index (κ1) is 11.6. The van der Waals surface area contributed by atoms with Crippen molar-refractivity contribution in [3.05, 3.63) is 73.1 Å². The smallest absolute Gasteiger partial charge is 0.119 e. The highest BCUT2D eigenvalue weighted by molar-refractivity contribution is 5.63. The van der Waals surface area contributed by atoms with E-state index in [1.165, 1.54) is 11.1 Å². The summed E-state index contributed by atoms with van der Waals surface area (Å²) < 4.78 is 7.28. The first-order valence-corrected chi connectivity index (χ1v) is 6.25. The highest BCUT2D eigenvalue weighted by Crippen LogP contribution is 2.22. The molecule has 94 valence electrons. The van der Waals surface area contributed by atoms with Crippen LogP contribution >= 0.6 is 0 Å². The van der Waals surface area contributed by atoms with Crippen LogP contribution in [0, 0.1) is 0 Å². The Labute approximate surface area is 112 Å². The minimum absolute atomic E-state index is 0.874. The van der Waals surface area contributed by atoms with Gasteiger partial charge in [0.2, 0.25) is 0 Å². The number of benzene rings is 2. The monoisotopic (exact) mass is 249 g/mol. The summed E-state index contributed by atoms with van der Waals surface area (Å²) in [5.41, 5.74) is 3.58. The average Bonchev–Trinajstić information content (AvgIpc) is 2.98. The molecule has 0 N–H and O–H groups in total. The summed E-state index contributed by atoms with van der Waals surface area (Å²) in [6.07, 6.45) is 4.21. The predicted octanol–water partition coefficient (Wildman–Crippen LogP) is 4.15. The fraction of sp³-hybridized carbons (Fsp3) is 0.0588. The van der Waals surface area contributed by atoms with Crippen molar-refractivity contribution in [2.24, 2.45) is 0 Å². The van der Waals surface area contributed by atoms with E-state index in [9.17, 15) is 0 Å². The van der Waals surface area contributed by atoms with E-state index in [2.05, 4.69) is 47.3 Å². The van der Waals surface area contributed by atoms with Gasteiger partial charge in [0.1, 0.15) is 5.75 Å². The number of hydrogen-bond donors (Lipinski definition) is 0. The second-order valence-electron chi connectivity index (χ2n) is 4.37. The average molecular weight is 249 g/mol. The number of rotatable bonds is 3. The molecule has 2 aromatic carbocycles. The zero-order valence-electron chi connectivity index (χ0n) is 10.8. The SMILES string of the molecule is COc1ccc(-n2ccc(-c3ccccc3)c2)cc1. The van der Waals surface area contributed by atoms with Crippen LogP contribution < -0.4 is 4.74 Å². The van der Waals surface area contributed by atoms with Crippen LogP contribution in [-0.2, 0) is 0 Å². The lowest BCUT2D eigenvalue weighted by molar-refractivity contribution is 0.415. The maximum Gasteiger partial charge on any atom is 0.119 e. The van der Waals surface area contributed by atoms with Gasteiger partial charge in [-0.1, -0.05) is 30.3 Å². The van der Waals surface area contributed by atoms with Gasteiger partial charge in [0.15, 0.2) is 0 Å². The van der Waals surface area contributed by atoms with Gasteiger partial charge in [-0.2, -0.15) is 0 Å². The van der Waals surface area contributed by atoms with Gasteiger partial charge < -0.3 is 9.30 Å². The molecule has 0 saturated heterocycles. The molecule has 0 aliphatic heterocycles. The molecular formula is C17H15NO. The van der Waals surface area contributed by atoms with Crippen LogP contribution in [0.5, 0.6) is 5.75 Å². The first-order chi connectivity index (χ1) is 9.36. The maximum atomic E-state index is 5.17. The van der Waals surface area contributed by atoms with Gasteiger partial charge in [-0.15, -0.1) is 0 Å². The van der Waals surface area contributed by atoms with Gasteiger partial charge in [0.05, 0.1) is 7.11 Å². The van der Waals surface area contributed by atoms with E-state index in [0.29, 0.717) is 0 Å². The van der Waals surface area contributed by atoms with Crippen LogP contribution in [0.1, 0.15) is 0 Å². The van der Waals surface area contributed by atoms with Crippen molar-refractivity contribution in [3.8, 4) is 22.6 Å². The Kier molecular flexibility index (Phi) is 3.07. The lowest BCUT2D eigenvalue weighted by atomic mass is 10.1. The van der Waals surface area contributed by atoms with Gasteiger partial charge in [-0.3, -0.25) is 0 Å². The van der Waals surface area contributed by atoms with Gasteiger partial charge in [0, 0.05) is 18.1 Å². The highest BCUT2D eigenvalue weighted by atomic mass is 16.5. The summed E-state index contributed by atoms with van der Waals surface area (Å²) in [7, 11) is 1.68. The Morgan fingerprint density at radius 1 is 0.789 bits per heavy atom. The lowest BCUT2D eigenvalue weighted by Crippen LogP contribution is -1.89.